The van der Waals surface area contributed by atoms with E-state index in [4.69, 9.17) is 4.74 Å². The number of hydrogen-bond donors (Lipinski definition) is 1. The van der Waals surface area contributed by atoms with E-state index in [2.05, 4.69) is 37.2 Å². The minimum Gasteiger partial charge on any atom is -0.463 e. The molecule has 1 aliphatic heterocycles. The summed E-state index contributed by atoms with van der Waals surface area (Å²) in [6.07, 6.45) is 10.8. The molecule has 0 unspecified atom stereocenters. The fourth-order valence-corrected chi connectivity index (χ4v) is 9.35. The second-order valence-electron chi connectivity index (χ2n) is 11.4. The largest absolute Gasteiger partial charge is 0.463 e. The van der Waals surface area contributed by atoms with Crippen molar-refractivity contribution in [3.63, 3.8) is 0 Å². The quantitative estimate of drug-likeness (QED) is 0.389. The van der Waals surface area contributed by atoms with Crippen molar-refractivity contribution in [3.8, 4) is 0 Å². The molecule has 0 aromatic rings. The standard InChI is InChI=1S/C25H39NO4Si/c1-6-30-22(29)15-17-14-20-24(2,12-10-21(28)26(20)31(3,4)5)18-9-13-25(16-27)11-7-8-19(25)23(17)18/h14-15,18-19,23,27H,6-13,16H2,1-5H3/t18-,19-,23+,24+,25-/m0/s1. The molecule has 6 heteroatoms. The Kier molecular flexibility index (Phi) is 5.78. The molecule has 3 aliphatic carbocycles. The van der Waals surface area contributed by atoms with Crippen LogP contribution in [0.1, 0.15) is 58.8 Å². The number of aliphatic hydroxyl groups is 1. The van der Waals surface area contributed by atoms with Crippen LogP contribution in [0, 0.1) is 28.6 Å². The smallest absolute Gasteiger partial charge is 0.331 e. The Morgan fingerprint density at radius 1 is 1.26 bits per heavy atom. The molecule has 1 amide bonds. The molecule has 1 heterocycles. The average Bonchev–Trinajstić information content (AvgIpc) is 3.13. The molecule has 0 aromatic heterocycles. The predicted octanol–water partition coefficient (Wildman–Crippen LogP) is 4.64. The summed E-state index contributed by atoms with van der Waals surface area (Å²) in [5, 5.41) is 10.4. The summed E-state index contributed by atoms with van der Waals surface area (Å²) < 4.78 is 7.43. The lowest BCUT2D eigenvalue weighted by molar-refractivity contribution is -0.137. The SMILES string of the molecule is CCOC(=O)C=C1C=C2N([Si](C)(C)C)C(=O)CC[C@]2(C)[C@H]2CC[C@]3(CO)CCC[C@H]3[C@H]12. The van der Waals surface area contributed by atoms with E-state index in [0.717, 1.165) is 49.8 Å². The van der Waals surface area contributed by atoms with Crippen molar-refractivity contribution in [2.45, 2.75) is 78.4 Å². The number of aliphatic hydroxyl groups excluding tert-OH is 1. The Bertz CT molecular complexity index is 828. The fraction of sp³-hybridized carbons (Fsp3) is 0.760. The van der Waals surface area contributed by atoms with Gasteiger partial charge in [-0.15, -0.1) is 0 Å². The molecule has 0 aromatic carbocycles. The number of amides is 1. The van der Waals surface area contributed by atoms with Gasteiger partial charge < -0.3 is 14.4 Å². The van der Waals surface area contributed by atoms with E-state index in [1.807, 2.05) is 6.92 Å². The van der Waals surface area contributed by atoms with Crippen molar-refractivity contribution < 1.29 is 19.4 Å². The molecule has 31 heavy (non-hydrogen) atoms. The Labute approximate surface area is 188 Å². The highest BCUT2D eigenvalue weighted by molar-refractivity contribution is 6.76. The maximum Gasteiger partial charge on any atom is 0.331 e. The van der Waals surface area contributed by atoms with E-state index in [9.17, 15) is 14.7 Å². The number of esters is 1. The van der Waals surface area contributed by atoms with Crippen molar-refractivity contribution in [1.29, 1.82) is 0 Å². The highest BCUT2D eigenvalue weighted by Gasteiger charge is 2.60. The number of fused-ring (bicyclic) bond motifs is 5. The van der Waals surface area contributed by atoms with E-state index in [1.165, 1.54) is 0 Å². The van der Waals surface area contributed by atoms with Gasteiger partial charge in [-0.25, -0.2) is 4.79 Å². The van der Waals surface area contributed by atoms with Crippen LogP contribution >= 0.6 is 0 Å². The molecule has 1 N–H and O–H groups in total. The van der Waals surface area contributed by atoms with E-state index in [1.54, 1.807) is 6.08 Å². The second kappa shape index (κ2) is 7.87. The van der Waals surface area contributed by atoms with Crippen molar-refractivity contribution in [3.05, 3.63) is 23.4 Å². The van der Waals surface area contributed by atoms with Crippen LogP contribution in [-0.2, 0) is 14.3 Å². The van der Waals surface area contributed by atoms with Gasteiger partial charge in [-0.1, -0.05) is 33.0 Å². The fourth-order valence-electron chi connectivity index (χ4n) is 7.44. The van der Waals surface area contributed by atoms with E-state index in [-0.39, 0.29) is 35.2 Å². The molecule has 5 atom stereocenters. The van der Waals surface area contributed by atoms with Gasteiger partial charge >= 0.3 is 5.97 Å². The van der Waals surface area contributed by atoms with E-state index < -0.39 is 8.24 Å². The highest BCUT2D eigenvalue weighted by Crippen LogP contribution is 2.65. The van der Waals surface area contributed by atoms with Gasteiger partial charge in [0.25, 0.3) is 0 Å². The number of rotatable bonds is 4. The van der Waals surface area contributed by atoms with Gasteiger partial charge in [0.2, 0.25) is 5.91 Å². The summed E-state index contributed by atoms with van der Waals surface area (Å²) >= 11 is 0. The van der Waals surface area contributed by atoms with Crippen LogP contribution in [0.15, 0.2) is 23.4 Å². The Morgan fingerprint density at radius 2 is 2.00 bits per heavy atom. The minimum atomic E-state index is -1.93. The molecular formula is C25H39NO4Si. The number of carbonyl (C=O) groups is 2. The summed E-state index contributed by atoms with van der Waals surface area (Å²) in [5.41, 5.74) is 2.08. The van der Waals surface area contributed by atoms with Gasteiger partial charge in [0.05, 0.1) is 6.61 Å². The molecule has 2 saturated carbocycles. The summed E-state index contributed by atoms with van der Waals surface area (Å²) in [5.74, 6) is 0.973. The number of allylic oxidation sites excluding steroid dienone is 3. The zero-order valence-corrected chi connectivity index (χ0v) is 20.9. The summed E-state index contributed by atoms with van der Waals surface area (Å²) in [7, 11) is -1.93. The zero-order chi connectivity index (χ0) is 22.6. The molecule has 0 spiro atoms. The summed E-state index contributed by atoms with van der Waals surface area (Å²) in [4.78, 5) is 25.6. The number of carbonyl (C=O) groups excluding carboxylic acids is 2. The third-order valence-corrected chi connectivity index (χ3v) is 10.6. The van der Waals surface area contributed by atoms with Gasteiger partial charge in [0.1, 0.15) is 0 Å². The normalized spacial score (nSPS) is 39.0. The number of nitrogens with zero attached hydrogens (tertiary/aromatic N) is 1. The Hall–Kier alpha value is -1.40. The van der Waals surface area contributed by atoms with Gasteiger partial charge in [0.15, 0.2) is 8.24 Å². The van der Waals surface area contributed by atoms with Gasteiger partial charge in [0, 0.05) is 30.2 Å². The minimum absolute atomic E-state index is 0.0143. The maximum atomic E-state index is 13.1. The zero-order valence-electron chi connectivity index (χ0n) is 19.9. The van der Waals surface area contributed by atoms with Crippen LogP contribution in [0.5, 0.6) is 0 Å². The van der Waals surface area contributed by atoms with Gasteiger partial charge in [-0.2, -0.15) is 0 Å². The Balaban J connectivity index is 1.88. The molecule has 172 valence electrons. The van der Waals surface area contributed by atoms with Gasteiger partial charge in [-0.3, -0.25) is 4.79 Å². The predicted molar refractivity (Wildman–Crippen MR) is 123 cm³/mol. The second-order valence-corrected chi connectivity index (χ2v) is 16.2. The third kappa shape index (κ3) is 3.54. The Morgan fingerprint density at radius 3 is 2.65 bits per heavy atom. The molecule has 3 fully saturated rings. The first-order valence-corrected chi connectivity index (χ1v) is 15.6. The van der Waals surface area contributed by atoms with Crippen molar-refractivity contribution in [2.24, 2.45) is 28.6 Å². The van der Waals surface area contributed by atoms with E-state index in [0.29, 0.717) is 24.9 Å². The average molecular weight is 446 g/mol. The van der Waals surface area contributed by atoms with Crippen LogP contribution in [0.3, 0.4) is 0 Å². The lowest BCUT2D eigenvalue weighted by atomic mass is 9.48. The molecule has 1 saturated heterocycles. The van der Waals surface area contributed by atoms with Crippen molar-refractivity contribution in [1.82, 2.24) is 4.57 Å². The maximum absolute atomic E-state index is 13.1. The van der Waals surface area contributed by atoms with Gasteiger partial charge in [-0.05, 0) is 73.8 Å². The van der Waals surface area contributed by atoms with Crippen LogP contribution in [0.4, 0.5) is 0 Å². The molecule has 4 aliphatic rings. The van der Waals surface area contributed by atoms with Crippen LogP contribution in [0.2, 0.25) is 19.6 Å². The van der Waals surface area contributed by atoms with Crippen LogP contribution < -0.4 is 0 Å². The van der Waals surface area contributed by atoms with Crippen molar-refractivity contribution in [2.75, 3.05) is 13.2 Å². The number of hydrogen-bond acceptors (Lipinski definition) is 4. The topological polar surface area (TPSA) is 66.8 Å². The van der Waals surface area contributed by atoms with E-state index >= 15 is 0 Å². The lowest BCUT2D eigenvalue weighted by Gasteiger charge is -2.60. The third-order valence-electron chi connectivity index (χ3n) is 8.79. The van der Waals surface area contributed by atoms with Crippen LogP contribution in [-0.4, -0.2) is 43.0 Å². The molecule has 0 radical (unpaired) electrons. The highest BCUT2D eigenvalue weighted by atomic mass is 28.3. The monoisotopic (exact) mass is 445 g/mol. The molecule has 5 nitrogen and oxygen atoms in total. The lowest BCUT2D eigenvalue weighted by Crippen LogP contribution is -2.60. The summed E-state index contributed by atoms with van der Waals surface area (Å²) in [6.45, 7) is 11.5. The van der Waals surface area contributed by atoms with Crippen molar-refractivity contribution >= 4 is 20.1 Å². The molecule has 4 rings (SSSR count). The first kappa shape index (κ1) is 22.8. The summed E-state index contributed by atoms with van der Waals surface area (Å²) in [6, 6.07) is 0. The van der Waals surface area contributed by atoms with Crippen LogP contribution in [0.25, 0.3) is 0 Å². The number of piperidine rings is 1. The first-order valence-electron chi connectivity index (χ1n) is 12.1. The first-order chi connectivity index (χ1) is 14.6. The molecular weight excluding hydrogens is 406 g/mol. The molecule has 0 bridgehead atoms. The number of ether oxygens (including phenoxy) is 1.